The van der Waals surface area contributed by atoms with E-state index in [0.717, 1.165) is 6.54 Å². The second-order valence-electron chi connectivity index (χ2n) is 6.64. The first kappa shape index (κ1) is 16.0. The van der Waals surface area contributed by atoms with Gasteiger partial charge in [-0.1, -0.05) is 19.1 Å². The minimum Gasteiger partial charge on any atom is -0.444 e. The number of carbonyl (C=O) groups excluding carboxylic acids is 1. The first-order valence-electron chi connectivity index (χ1n) is 7.08. The van der Waals surface area contributed by atoms with Crippen molar-refractivity contribution in [3.63, 3.8) is 0 Å². The van der Waals surface area contributed by atoms with Gasteiger partial charge in [-0.15, -0.1) is 0 Å². The fourth-order valence-corrected chi connectivity index (χ4v) is 1.74. The van der Waals surface area contributed by atoms with Crippen LogP contribution in [0, 0.1) is 5.41 Å². The minimum absolute atomic E-state index is 0.371. The summed E-state index contributed by atoms with van der Waals surface area (Å²) in [5.74, 6) is 0. The van der Waals surface area contributed by atoms with Gasteiger partial charge in [0.2, 0.25) is 0 Å². The SMILES string of the molecule is CC(NC/C=C/CNC(=O)OC(C)(C)C)C1(C)CC1. The van der Waals surface area contributed by atoms with Crippen molar-refractivity contribution in [2.24, 2.45) is 5.41 Å². The fourth-order valence-electron chi connectivity index (χ4n) is 1.74. The molecule has 19 heavy (non-hydrogen) atoms. The van der Waals surface area contributed by atoms with E-state index in [1.807, 2.05) is 32.9 Å². The van der Waals surface area contributed by atoms with Crippen molar-refractivity contribution < 1.29 is 9.53 Å². The summed E-state index contributed by atoms with van der Waals surface area (Å²) < 4.78 is 5.14. The van der Waals surface area contributed by atoms with Crippen molar-refractivity contribution in [2.75, 3.05) is 13.1 Å². The molecule has 0 saturated heterocycles. The van der Waals surface area contributed by atoms with E-state index in [1.54, 1.807) is 0 Å². The summed E-state index contributed by atoms with van der Waals surface area (Å²) in [7, 11) is 0. The number of alkyl carbamates (subject to hydrolysis) is 1. The molecule has 0 heterocycles. The quantitative estimate of drug-likeness (QED) is 0.728. The van der Waals surface area contributed by atoms with E-state index in [4.69, 9.17) is 4.74 Å². The van der Waals surface area contributed by atoms with Crippen molar-refractivity contribution in [1.82, 2.24) is 10.6 Å². The van der Waals surface area contributed by atoms with Crippen molar-refractivity contribution in [2.45, 2.75) is 59.1 Å². The summed E-state index contributed by atoms with van der Waals surface area (Å²) in [4.78, 5) is 11.4. The molecule has 2 N–H and O–H groups in total. The van der Waals surface area contributed by atoms with Crippen LogP contribution in [0.2, 0.25) is 0 Å². The number of carbonyl (C=O) groups is 1. The molecule has 0 spiro atoms. The van der Waals surface area contributed by atoms with E-state index in [9.17, 15) is 4.79 Å². The zero-order valence-corrected chi connectivity index (χ0v) is 12.9. The maximum Gasteiger partial charge on any atom is 0.407 e. The summed E-state index contributed by atoms with van der Waals surface area (Å²) in [6, 6.07) is 0.552. The Morgan fingerprint density at radius 2 is 1.89 bits per heavy atom. The highest BCUT2D eigenvalue weighted by Crippen LogP contribution is 2.47. The topological polar surface area (TPSA) is 50.4 Å². The van der Waals surface area contributed by atoms with Crippen LogP contribution in [0.25, 0.3) is 0 Å². The van der Waals surface area contributed by atoms with E-state index >= 15 is 0 Å². The molecule has 110 valence electrons. The van der Waals surface area contributed by atoms with Crippen LogP contribution >= 0.6 is 0 Å². The molecular weight excluding hydrogens is 240 g/mol. The van der Waals surface area contributed by atoms with Crippen LogP contribution < -0.4 is 10.6 Å². The number of rotatable bonds is 6. The minimum atomic E-state index is -0.440. The van der Waals surface area contributed by atoms with Gasteiger partial charge in [0.05, 0.1) is 0 Å². The molecule has 4 heteroatoms. The molecule has 1 atom stereocenters. The van der Waals surface area contributed by atoms with Gasteiger partial charge < -0.3 is 15.4 Å². The van der Waals surface area contributed by atoms with Gasteiger partial charge in [-0.2, -0.15) is 0 Å². The molecule has 0 radical (unpaired) electrons. The number of amides is 1. The highest BCUT2D eigenvalue weighted by molar-refractivity contribution is 5.67. The fraction of sp³-hybridized carbons (Fsp3) is 0.800. The van der Waals surface area contributed by atoms with Crippen LogP contribution in [0.15, 0.2) is 12.2 Å². The van der Waals surface area contributed by atoms with Crippen LogP contribution in [0.3, 0.4) is 0 Å². The van der Waals surface area contributed by atoms with Crippen LogP contribution in [0.5, 0.6) is 0 Å². The predicted molar refractivity (Wildman–Crippen MR) is 78.2 cm³/mol. The maximum absolute atomic E-state index is 11.4. The Morgan fingerprint density at radius 1 is 1.32 bits per heavy atom. The van der Waals surface area contributed by atoms with E-state index < -0.39 is 5.60 Å². The van der Waals surface area contributed by atoms with Gasteiger partial charge in [0.25, 0.3) is 0 Å². The molecule has 0 bridgehead atoms. The van der Waals surface area contributed by atoms with E-state index in [0.29, 0.717) is 18.0 Å². The molecule has 1 fully saturated rings. The van der Waals surface area contributed by atoms with E-state index in [-0.39, 0.29) is 6.09 Å². The molecule has 0 aromatic rings. The first-order chi connectivity index (χ1) is 8.73. The van der Waals surface area contributed by atoms with Gasteiger partial charge in [-0.05, 0) is 46.0 Å². The Kier molecular flexibility index (Phi) is 5.41. The Bertz CT molecular complexity index is 328. The summed E-state index contributed by atoms with van der Waals surface area (Å²) in [6.07, 6.45) is 6.26. The largest absolute Gasteiger partial charge is 0.444 e. The van der Waals surface area contributed by atoms with Crippen molar-refractivity contribution in [3.05, 3.63) is 12.2 Å². The zero-order valence-electron chi connectivity index (χ0n) is 12.9. The molecule has 1 aliphatic rings. The Morgan fingerprint density at radius 3 is 2.42 bits per heavy atom. The Hall–Kier alpha value is -1.03. The molecule has 0 aromatic carbocycles. The average Bonchev–Trinajstić information content (AvgIpc) is 3.00. The molecule has 1 unspecified atom stereocenters. The van der Waals surface area contributed by atoms with Crippen molar-refractivity contribution >= 4 is 6.09 Å². The lowest BCUT2D eigenvalue weighted by Gasteiger charge is -2.19. The lowest BCUT2D eigenvalue weighted by molar-refractivity contribution is 0.0534. The second kappa shape index (κ2) is 6.42. The van der Waals surface area contributed by atoms with Crippen LogP contribution in [0.4, 0.5) is 4.79 Å². The average molecular weight is 268 g/mol. The van der Waals surface area contributed by atoms with Gasteiger partial charge in [-0.25, -0.2) is 4.79 Å². The van der Waals surface area contributed by atoms with Gasteiger partial charge in [-0.3, -0.25) is 0 Å². The molecule has 1 aliphatic carbocycles. The summed E-state index contributed by atoms with van der Waals surface area (Å²) >= 11 is 0. The monoisotopic (exact) mass is 268 g/mol. The molecule has 0 aromatic heterocycles. The molecule has 1 rings (SSSR count). The highest BCUT2D eigenvalue weighted by atomic mass is 16.6. The molecule has 0 aliphatic heterocycles. The third-order valence-electron chi connectivity index (χ3n) is 3.56. The van der Waals surface area contributed by atoms with Crippen molar-refractivity contribution in [1.29, 1.82) is 0 Å². The Balaban J connectivity index is 2.06. The lowest BCUT2D eigenvalue weighted by Crippen LogP contribution is -2.34. The predicted octanol–water partition coefficient (Wildman–Crippen LogP) is 2.85. The summed E-state index contributed by atoms with van der Waals surface area (Å²) in [5.41, 5.74) is 0.0626. The summed E-state index contributed by atoms with van der Waals surface area (Å²) in [6.45, 7) is 11.5. The van der Waals surface area contributed by atoms with Gasteiger partial charge in [0.1, 0.15) is 5.60 Å². The molecule has 1 amide bonds. The van der Waals surface area contributed by atoms with Crippen LogP contribution in [0.1, 0.15) is 47.5 Å². The molecule has 1 saturated carbocycles. The van der Waals surface area contributed by atoms with Gasteiger partial charge >= 0.3 is 6.09 Å². The standard InChI is InChI=1S/C15H28N2O2/c1-12(15(5)8-9-15)16-10-6-7-11-17-13(18)19-14(2,3)4/h6-7,12,16H,8-11H2,1-5H3,(H,17,18)/b7-6+. The number of hydrogen-bond donors (Lipinski definition) is 2. The lowest BCUT2D eigenvalue weighted by atomic mass is 10.0. The van der Waals surface area contributed by atoms with E-state index in [2.05, 4.69) is 24.5 Å². The van der Waals surface area contributed by atoms with E-state index in [1.165, 1.54) is 12.8 Å². The first-order valence-corrected chi connectivity index (χ1v) is 7.08. The van der Waals surface area contributed by atoms with Crippen molar-refractivity contribution in [3.8, 4) is 0 Å². The summed E-state index contributed by atoms with van der Waals surface area (Å²) in [5, 5.41) is 6.17. The smallest absolute Gasteiger partial charge is 0.407 e. The maximum atomic E-state index is 11.4. The second-order valence-corrected chi connectivity index (χ2v) is 6.64. The molecule has 4 nitrogen and oxygen atoms in total. The zero-order chi connectivity index (χ0) is 14.5. The Labute approximate surface area is 117 Å². The molecular formula is C15H28N2O2. The van der Waals surface area contributed by atoms with Gasteiger partial charge in [0.15, 0.2) is 0 Å². The third kappa shape index (κ3) is 6.62. The highest BCUT2D eigenvalue weighted by Gasteiger charge is 2.41. The van der Waals surface area contributed by atoms with Gasteiger partial charge in [0, 0.05) is 19.1 Å². The normalized spacial score (nSPS) is 19.2. The van der Waals surface area contributed by atoms with Crippen LogP contribution in [-0.2, 0) is 4.74 Å². The third-order valence-corrected chi connectivity index (χ3v) is 3.56. The number of hydrogen-bond acceptors (Lipinski definition) is 3. The number of ether oxygens (including phenoxy) is 1. The van der Waals surface area contributed by atoms with Crippen LogP contribution in [-0.4, -0.2) is 30.8 Å². The number of nitrogens with one attached hydrogen (secondary N) is 2.